The molecule has 0 unspecified atom stereocenters. The number of benzene rings is 1. The van der Waals surface area contributed by atoms with E-state index in [2.05, 4.69) is 39.5 Å². The minimum atomic E-state index is -0.414. The van der Waals surface area contributed by atoms with Crippen molar-refractivity contribution in [3.63, 3.8) is 0 Å². The van der Waals surface area contributed by atoms with Crippen molar-refractivity contribution in [2.75, 3.05) is 26.2 Å². The second-order valence-corrected chi connectivity index (χ2v) is 6.95. The molecule has 1 aromatic carbocycles. The molecule has 2 aromatic rings. The van der Waals surface area contributed by atoms with Crippen LogP contribution in [0.3, 0.4) is 0 Å². The lowest BCUT2D eigenvalue weighted by atomic mass is 10.00. The lowest BCUT2D eigenvalue weighted by Gasteiger charge is -2.28. The van der Waals surface area contributed by atoms with E-state index in [1.807, 2.05) is 0 Å². The highest BCUT2D eigenvalue weighted by atomic mass is 16.5. The fraction of sp³-hybridized carbons (Fsp3) is 0.409. The highest BCUT2D eigenvalue weighted by molar-refractivity contribution is 5.95. The highest BCUT2D eigenvalue weighted by Gasteiger charge is 2.16. The quantitative estimate of drug-likeness (QED) is 0.590. The van der Waals surface area contributed by atoms with Gasteiger partial charge in [-0.1, -0.05) is 24.3 Å². The smallest absolute Gasteiger partial charge is 0.339 e. The third kappa shape index (κ3) is 4.95. The predicted molar refractivity (Wildman–Crippen MR) is 107 cm³/mol. The van der Waals surface area contributed by atoms with E-state index in [1.165, 1.54) is 11.1 Å². The maximum atomic E-state index is 12.3. The van der Waals surface area contributed by atoms with Crippen molar-refractivity contribution in [3.05, 3.63) is 64.5 Å². The zero-order chi connectivity index (χ0) is 19.9. The van der Waals surface area contributed by atoms with Gasteiger partial charge in [0.05, 0.1) is 17.9 Å². The third-order valence-corrected chi connectivity index (χ3v) is 4.96. The molecule has 1 aliphatic rings. The Labute approximate surface area is 165 Å². The number of fused-ring (bicyclic) bond motifs is 1. The first-order valence-corrected chi connectivity index (χ1v) is 9.80. The standard InChI is InChI=1S/C22H27N3O3/c1-3-28-22(27)19-9-10-20(24-16(19)2)21(26)23-12-6-13-25-14-11-17-7-4-5-8-18(17)15-25/h4-5,7-10H,3,6,11-15H2,1-2H3,(H,23,26). The zero-order valence-electron chi connectivity index (χ0n) is 16.5. The number of nitrogens with one attached hydrogen (secondary N) is 1. The van der Waals surface area contributed by atoms with Gasteiger partial charge in [0.1, 0.15) is 5.69 Å². The van der Waals surface area contributed by atoms with Gasteiger partial charge in [-0.3, -0.25) is 9.69 Å². The van der Waals surface area contributed by atoms with Gasteiger partial charge in [-0.05, 0) is 49.9 Å². The van der Waals surface area contributed by atoms with E-state index in [9.17, 15) is 9.59 Å². The Kier molecular flexibility index (Phi) is 6.76. The Bertz CT molecular complexity index is 851. The monoisotopic (exact) mass is 381 g/mol. The molecule has 1 N–H and O–H groups in total. The van der Waals surface area contributed by atoms with Gasteiger partial charge in [-0.15, -0.1) is 0 Å². The maximum absolute atomic E-state index is 12.3. The van der Waals surface area contributed by atoms with E-state index in [0.29, 0.717) is 30.1 Å². The number of aromatic nitrogens is 1. The van der Waals surface area contributed by atoms with Gasteiger partial charge in [-0.2, -0.15) is 0 Å². The number of hydrogen-bond donors (Lipinski definition) is 1. The first-order chi connectivity index (χ1) is 13.6. The van der Waals surface area contributed by atoms with E-state index in [-0.39, 0.29) is 5.91 Å². The van der Waals surface area contributed by atoms with Crippen LogP contribution in [0.4, 0.5) is 0 Å². The molecule has 0 saturated heterocycles. The molecule has 148 valence electrons. The molecular weight excluding hydrogens is 354 g/mol. The molecule has 1 amide bonds. The molecule has 0 radical (unpaired) electrons. The van der Waals surface area contributed by atoms with E-state index < -0.39 is 5.97 Å². The molecule has 0 aliphatic carbocycles. The average molecular weight is 381 g/mol. The predicted octanol–water partition coefficient (Wildman–Crippen LogP) is 2.74. The number of aryl methyl sites for hydroxylation is 1. The van der Waals surface area contributed by atoms with Crippen molar-refractivity contribution in [1.82, 2.24) is 15.2 Å². The summed E-state index contributed by atoms with van der Waals surface area (Å²) >= 11 is 0. The Morgan fingerprint density at radius 3 is 2.71 bits per heavy atom. The fourth-order valence-electron chi connectivity index (χ4n) is 3.45. The molecule has 0 fully saturated rings. The van der Waals surface area contributed by atoms with Crippen LogP contribution in [0.25, 0.3) is 0 Å². The van der Waals surface area contributed by atoms with Crippen LogP contribution >= 0.6 is 0 Å². The van der Waals surface area contributed by atoms with Gasteiger partial charge in [0.15, 0.2) is 0 Å². The first kappa shape index (κ1) is 20.0. The largest absolute Gasteiger partial charge is 0.462 e. The number of amides is 1. The number of ether oxygens (including phenoxy) is 1. The zero-order valence-corrected chi connectivity index (χ0v) is 16.5. The average Bonchev–Trinajstić information content (AvgIpc) is 2.71. The van der Waals surface area contributed by atoms with Crippen LogP contribution in [-0.2, 0) is 17.7 Å². The molecule has 0 atom stereocenters. The van der Waals surface area contributed by atoms with Gasteiger partial charge >= 0.3 is 5.97 Å². The number of esters is 1. The van der Waals surface area contributed by atoms with Gasteiger partial charge in [0.25, 0.3) is 5.91 Å². The van der Waals surface area contributed by atoms with Crippen LogP contribution in [0.15, 0.2) is 36.4 Å². The summed E-state index contributed by atoms with van der Waals surface area (Å²) in [5.41, 5.74) is 4.05. The van der Waals surface area contributed by atoms with Crippen molar-refractivity contribution in [1.29, 1.82) is 0 Å². The van der Waals surface area contributed by atoms with Crippen molar-refractivity contribution in [2.24, 2.45) is 0 Å². The summed E-state index contributed by atoms with van der Waals surface area (Å²) in [7, 11) is 0. The number of hydrogen-bond acceptors (Lipinski definition) is 5. The molecule has 6 nitrogen and oxygen atoms in total. The summed E-state index contributed by atoms with van der Waals surface area (Å²) in [6.07, 6.45) is 1.96. The highest BCUT2D eigenvalue weighted by Crippen LogP contribution is 2.18. The van der Waals surface area contributed by atoms with Crippen LogP contribution in [0.1, 0.15) is 51.0 Å². The molecule has 0 bridgehead atoms. The minimum Gasteiger partial charge on any atom is -0.462 e. The van der Waals surface area contributed by atoms with Gasteiger partial charge in [0, 0.05) is 26.2 Å². The number of pyridine rings is 1. The topological polar surface area (TPSA) is 71.5 Å². The second kappa shape index (κ2) is 9.46. The van der Waals surface area contributed by atoms with Crippen molar-refractivity contribution in [3.8, 4) is 0 Å². The van der Waals surface area contributed by atoms with Crippen molar-refractivity contribution >= 4 is 11.9 Å². The number of rotatable bonds is 7. The number of nitrogens with zero attached hydrogens (tertiary/aromatic N) is 2. The Balaban J connectivity index is 1.45. The summed E-state index contributed by atoms with van der Waals surface area (Å²) in [5.74, 6) is -0.634. The normalized spacial score (nSPS) is 13.6. The van der Waals surface area contributed by atoms with Crippen molar-refractivity contribution < 1.29 is 14.3 Å². The molecule has 28 heavy (non-hydrogen) atoms. The summed E-state index contributed by atoms with van der Waals surface area (Å²) < 4.78 is 4.98. The first-order valence-electron chi connectivity index (χ1n) is 9.80. The van der Waals surface area contributed by atoms with E-state index in [0.717, 1.165) is 32.5 Å². The molecule has 0 saturated carbocycles. The summed E-state index contributed by atoms with van der Waals surface area (Å²) in [4.78, 5) is 30.8. The Morgan fingerprint density at radius 2 is 1.96 bits per heavy atom. The summed E-state index contributed by atoms with van der Waals surface area (Å²) in [5, 5.41) is 2.91. The van der Waals surface area contributed by atoms with Crippen LogP contribution in [-0.4, -0.2) is 48.0 Å². The van der Waals surface area contributed by atoms with Gasteiger partial charge in [0.2, 0.25) is 0 Å². The molecule has 1 aromatic heterocycles. The fourth-order valence-corrected chi connectivity index (χ4v) is 3.45. The molecule has 3 rings (SSSR count). The van der Waals surface area contributed by atoms with Gasteiger partial charge < -0.3 is 10.1 Å². The number of carbonyl (C=O) groups is 2. The van der Waals surface area contributed by atoms with Crippen LogP contribution in [0, 0.1) is 6.92 Å². The summed E-state index contributed by atoms with van der Waals surface area (Å²) in [6.45, 7) is 7.34. The lowest BCUT2D eigenvalue weighted by molar-refractivity contribution is 0.0524. The Hall–Kier alpha value is -2.73. The maximum Gasteiger partial charge on any atom is 0.339 e. The van der Waals surface area contributed by atoms with Gasteiger partial charge in [-0.25, -0.2) is 9.78 Å². The minimum absolute atomic E-state index is 0.220. The molecule has 6 heteroatoms. The van der Waals surface area contributed by atoms with Crippen LogP contribution in [0.2, 0.25) is 0 Å². The van der Waals surface area contributed by atoms with Crippen molar-refractivity contribution in [2.45, 2.75) is 33.2 Å². The third-order valence-electron chi connectivity index (χ3n) is 4.96. The summed E-state index contributed by atoms with van der Waals surface area (Å²) in [6, 6.07) is 11.7. The molecular formula is C22H27N3O3. The SMILES string of the molecule is CCOC(=O)c1ccc(C(=O)NCCCN2CCc3ccccc3C2)nc1C. The number of carbonyl (C=O) groups excluding carboxylic acids is 2. The Morgan fingerprint density at radius 1 is 1.18 bits per heavy atom. The van der Waals surface area contributed by atoms with Crippen LogP contribution < -0.4 is 5.32 Å². The molecule has 2 heterocycles. The lowest BCUT2D eigenvalue weighted by Crippen LogP contribution is -2.34. The molecule has 1 aliphatic heterocycles. The molecule has 0 spiro atoms. The second-order valence-electron chi connectivity index (χ2n) is 6.95. The van der Waals surface area contributed by atoms with Crippen LogP contribution in [0.5, 0.6) is 0 Å². The van der Waals surface area contributed by atoms with E-state index in [1.54, 1.807) is 26.0 Å². The van der Waals surface area contributed by atoms with E-state index >= 15 is 0 Å². The van der Waals surface area contributed by atoms with E-state index in [4.69, 9.17) is 4.74 Å².